The highest BCUT2D eigenvalue weighted by Gasteiger charge is 2.01. The van der Waals surface area contributed by atoms with Gasteiger partial charge in [0.25, 0.3) is 0 Å². The predicted molar refractivity (Wildman–Crippen MR) is 55.9 cm³/mol. The second-order valence-electron chi connectivity index (χ2n) is 2.85. The van der Waals surface area contributed by atoms with E-state index in [0.29, 0.717) is 0 Å². The van der Waals surface area contributed by atoms with Crippen LogP contribution in [0.15, 0.2) is 16.0 Å². The summed E-state index contributed by atoms with van der Waals surface area (Å²) in [7, 11) is 0. The molecule has 0 bridgehead atoms. The van der Waals surface area contributed by atoms with E-state index in [1.165, 1.54) is 6.34 Å². The molecule has 6 heteroatoms. The first-order chi connectivity index (χ1) is 7.17. The molecule has 0 aliphatic rings. The highest BCUT2D eigenvalue weighted by molar-refractivity contribution is 5.59. The van der Waals surface area contributed by atoms with Gasteiger partial charge in [0, 0.05) is 13.1 Å². The molecule has 5 nitrogen and oxygen atoms in total. The smallest absolute Gasteiger partial charge is 0.346 e. The van der Waals surface area contributed by atoms with Crippen LogP contribution in [0.1, 0.15) is 13.8 Å². The number of halogens is 1. The topological polar surface area (TPSA) is 61.4 Å². The molecule has 82 valence electrons. The third-order valence-corrected chi connectivity index (χ3v) is 1.91. The summed E-state index contributed by atoms with van der Waals surface area (Å²) in [6.07, 6.45) is 2.35. The minimum Gasteiger partial charge on any atom is -0.363 e. The Morgan fingerprint density at radius 3 is 2.87 bits per heavy atom. The minimum absolute atomic E-state index is 0.0955. The highest BCUT2D eigenvalue weighted by atomic mass is 19.1. The summed E-state index contributed by atoms with van der Waals surface area (Å²) in [6, 6.07) is 0. The monoisotopic (exact) mass is 212 g/mol. The van der Waals surface area contributed by atoms with Crippen LogP contribution in [0.3, 0.4) is 0 Å². The van der Waals surface area contributed by atoms with Gasteiger partial charge in [0.1, 0.15) is 0 Å². The average molecular weight is 212 g/mol. The van der Waals surface area contributed by atoms with Crippen LogP contribution < -0.4 is 5.69 Å². The molecular formula is C9H13FN4O. The van der Waals surface area contributed by atoms with Crippen molar-refractivity contribution < 1.29 is 4.39 Å². The van der Waals surface area contributed by atoms with Crippen LogP contribution in [0.4, 0.5) is 10.2 Å². The van der Waals surface area contributed by atoms with Gasteiger partial charge in [-0.2, -0.15) is 4.98 Å². The second kappa shape index (κ2) is 5.23. The third-order valence-electron chi connectivity index (χ3n) is 1.91. The number of rotatable bonds is 4. The fourth-order valence-electron chi connectivity index (χ4n) is 0.990. The van der Waals surface area contributed by atoms with Gasteiger partial charge in [-0.1, -0.05) is 0 Å². The summed E-state index contributed by atoms with van der Waals surface area (Å²) in [5.74, 6) is -0.736. The van der Waals surface area contributed by atoms with Crippen molar-refractivity contribution in [2.24, 2.45) is 4.99 Å². The second-order valence-corrected chi connectivity index (χ2v) is 2.85. The SMILES string of the molecule is CCN(C=Nc1[nH]c(=O)ncc1F)CC. The van der Waals surface area contributed by atoms with Gasteiger partial charge in [0.05, 0.1) is 12.5 Å². The number of hydrogen-bond donors (Lipinski definition) is 1. The molecule has 1 aromatic heterocycles. The Kier molecular flexibility index (Phi) is 3.96. The zero-order chi connectivity index (χ0) is 11.3. The number of hydrogen-bond acceptors (Lipinski definition) is 3. The van der Waals surface area contributed by atoms with Crippen molar-refractivity contribution in [3.8, 4) is 0 Å². The molecule has 0 atom stereocenters. The predicted octanol–water partition coefficient (Wildman–Crippen LogP) is 0.911. The Balaban J connectivity index is 2.88. The first-order valence-electron chi connectivity index (χ1n) is 4.70. The van der Waals surface area contributed by atoms with Crippen molar-refractivity contribution in [3.63, 3.8) is 0 Å². The van der Waals surface area contributed by atoms with E-state index in [2.05, 4.69) is 15.0 Å². The molecular weight excluding hydrogens is 199 g/mol. The molecule has 0 saturated carbocycles. The van der Waals surface area contributed by atoms with Crippen LogP contribution in [0.25, 0.3) is 0 Å². The zero-order valence-electron chi connectivity index (χ0n) is 8.70. The molecule has 0 amide bonds. The molecule has 1 N–H and O–H groups in total. The summed E-state index contributed by atoms with van der Waals surface area (Å²) < 4.78 is 13.1. The van der Waals surface area contributed by atoms with Crippen molar-refractivity contribution in [3.05, 3.63) is 22.5 Å². The quantitative estimate of drug-likeness (QED) is 0.596. The Labute approximate surface area is 86.7 Å². The first-order valence-corrected chi connectivity index (χ1v) is 4.70. The van der Waals surface area contributed by atoms with Crippen molar-refractivity contribution in [2.75, 3.05) is 13.1 Å². The molecule has 0 aliphatic heterocycles. The van der Waals surface area contributed by atoms with Crippen molar-refractivity contribution >= 4 is 12.2 Å². The number of nitrogens with zero attached hydrogens (tertiary/aromatic N) is 3. The van der Waals surface area contributed by atoms with E-state index >= 15 is 0 Å². The molecule has 1 rings (SSSR count). The van der Waals surface area contributed by atoms with Crippen LogP contribution in [0, 0.1) is 5.82 Å². The maximum atomic E-state index is 13.1. The van der Waals surface area contributed by atoms with Gasteiger partial charge >= 0.3 is 5.69 Å². The Hall–Kier alpha value is -1.72. The van der Waals surface area contributed by atoms with Gasteiger partial charge in [-0.25, -0.2) is 14.2 Å². The van der Waals surface area contributed by atoms with E-state index in [-0.39, 0.29) is 5.82 Å². The van der Waals surface area contributed by atoms with E-state index in [9.17, 15) is 9.18 Å². The molecule has 0 unspecified atom stereocenters. The minimum atomic E-state index is -0.641. The Morgan fingerprint density at radius 1 is 1.60 bits per heavy atom. The zero-order valence-corrected chi connectivity index (χ0v) is 8.70. The summed E-state index contributed by atoms with van der Waals surface area (Å²) in [6.45, 7) is 5.47. The Morgan fingerprint density at radius 2 is 2.27 bits per heavy atom. The van der Waals surface area contributed by atoms with E-state index in [0.717, 1.165) is 19.3 Å². The van der Waals surface area contributed by atoms with E-state index in [4.69, 9.17) is 0 Å². The van der Waals surface area contributed by atoms with Crippen molar-refractivity contribution in [1.29, 1.82) is 0 Å². The molecule has 15 heavy (non-hydrogen) atoms. The van der Waals surface area contributed by atoms with Gasteiger partial charge in [-0.15, -0.1) is 0 Å². The summed E-state index contributed by atoms with van der Waals surface area (Å²) in [4.78, 5) is 22.0. The number of aromatic nitrogens is 2. The number of aromatic amines is 1. The fourth-order valence-corrected chi connectivity index (χ4v) is 0.990. The summed E-state index contributed by atoms with van der Waals surface area (Å²) in [5.41, 5.74) is -0.608. The van der Waals surface area contributed by atoms with E-state index in [1.807, 2.05) is 18.7 Å². The molecule has 0 aliphatic carbocycles. The van der Waals surface area contributed by atoms with Gasteiger partial charge in [0.2, 0.25) is 0 Å². The van der Waals surface area contributed by atoms with Gasteiger partial charge < -0.3 is 4.90 Å². The van der Waals surface area contributed by atoms with Gasteiger partial charge in [-0.3, -0.25) is 4.98 Å². The average Bonchev–Trinajstić information content (AvgIpc) is 2.24. The van der Waals surface area contributed by atoms with Crippen LogP contribution in [-0.2, 0) is 0 Å². The summed E-state index contributed by atoms with van der Waals surface area (Å²) in [5, 5.41) is 0. The fraction of sp³-hybridized carbons (Fsp3) is 0.444. The normalized spacial score (nSPS) is 10.9. The molecule has 0 spiro atoms. The third kappa shape index (κ3) is 3.16. The maximum Gasteiger partial charge on any atom is 0.346 e. The van der Waals surface area contributed by atoms with Gasteiger partial charge in [-0.05, 0) is 13.8 Å². The van der Waals surface area contributed by atoms with Crippen LogP contribution >= 0.6 is 0 Å². The van der Waals surface area contributed by atoms with E-state index in [1.54, 1.807) is 0 Å². The molecule has 1 heterocycles. The van der Waals surface area contributed by atoms with Crippen LogP contribution in [0.5, 0.6) is 0 Å². The largest absolute Gasteiger partial charge is 0.363 e. The Bertz CT molecular complexity index is 397. The van der Waals surface area contributed by atoms with Crippen LogP contribution in [-0.4, -0.2) is 34.3 Å². The lowest BCUT2D eigenvalue weighted by Crippen LogP contribution is -2.20. The highest BCUT2D eigenvalue weighted by Crippen LogP contribution is 2.08. The number of nitrogens with one attached hydrogen (secondary N) is 1. The molecule has 0 aromatic carbocycles. The summed E-state index contributed by atoms with van der Waals surface area (Å²) >= 11 is 0. The number of aliphatic imine (C=N–C) groups is 1. The van der Waals surface area contributed by atoms with Crippen molar-refractivity contribution in [2.45, 2.75) is 13.8 Å². The molecule has 1 aromatic rings. The lowest BCUT2D eigenvalue weighted by Gasteiger charge is -2.13. The molecule has 0 saturated heterocycles. The lowest BCUT2D eigenvalue weighted by atomic mass is 10.5. The lowest BCUT2D eigenvalue weighted by molar-refractivity contribution is 0.479. The molecule has 0 fully saturated rings. The van der Waals surface area contributed by atoms with Crippen molar-refractivity contribution in [1.82, 2.24) is 14.9 Å². The maximum absolute atomic E-state index is 13.1. The van der Waals surface area contributed by atoms with Gasteiger partial charge in [0.15, 0.2) is 11.6 Å². The standard InChI is InChI=1S/C9H13FN4O/c1-3-14(4-2)6-12-8-7(10)5-11-9(15)13-8/h5-6H,3-4H2,1-2H3,(H,11,13,15). The van der Waals surface area contributed by atoms with E-state index < -0.39 is 11.5 Å². The number of H-pyrrole nitrogens is 1. The molecule has 0 radical (unpaired) electrons. The first kappa shape index (κ1) is 11.4. The van der Waals surface area contributed by atoms with Crippen LogP contribution in [0.2, 0.25) is 0 Å².